The highest BCUT2D eigenvalue weighted by Gasteiger charge is 2.16. The first-order chi connectivity index (χ1) is 6.90. The summed E-state index contributed by atoms with van der Waals surface area (Å²) in [6.45, 7) is 2.32. The van der Waals surface area contributed by atoms with Crippen molar-refractivity contribution in [3.8, 4) is 5.75 Å². The molecule has 0 bridgehead atoms. The smallest absolute Gasteiger partial charge is 0.122 e. The Morgan fingerprint density at radius 2 is 2.29 bits per heavy atom. The van der Waals surface area contributed by atoms with Crippen molar-refractivity contribution in [1.82, 2.24) is 5.32 Å². The van der Waals surface area contributed by atoms with Crippen LogP contribution in [-0.4, -0.2) is 20.2 Å². The van der Waals surface area contributed by atoms with Crippen LogP contribution in [0.2, 0.25) is 0 Å². The molecule has 14 heavy (non-hydrogen) atoms. The molecule has 0 saturated carbocycles. The third kappa shape index (κ3) is 2.07. The summed E-state index contributed by atoms with van der Waals surface area (Å²) in [6.07, 6.45) is 2.43. The van der Waals surface area contributed by atoms with Gasteiger partial charge >= 0.3 is 0 Å². The van der Waals surface area contributed by atoms with Gasteiger partial charge in [-0.3, -0.25) is 0 Å². The van der Waals surface area contributed by atoms with E-state index in [9.17, 15) is 0 Å². The molecule has 1 fully saturated rings. The zero-order valence-corrected chi connectivity index (χ0v) is 8.62. The summed E-state index contributed by atoms with van der Waals surface area (Å²) in [4.78, 5) is 0. The first-order valence-electron chi connectivity index (χ1n) is 5.23. The summed E-state index contributed by atoms with van der Waals surface area (Å²) < 4.78 is 5.34. The third-order valence-corrected chi connectivity index (χ3v) is 2.86. The number of rotatable bonds is 3. The van der Waals surface area contributed by atoms with E-state index in [4.69, 9.17) is 4.74 Å². The van der Waals surface area contributed by atoms with Crippen LogP contribution in [0.25, 0.3) is 0 Å². The van der Waals surface area contributed by atoms with E-state index in [1.54, 1.807) is 7.11 Å². The minimum absolute atomic E-state index is 0.784. The molecule has 0 radical (unpaired) electrons. The van der Waals surface area contributed by atoms with Gasteiger partial charge < -0.3 is 10.1 Å². The molecule has 1 aromatic rings. The van der Waals surface area contributed by atoms with Gasteiger partial charge in [-0.05, 0) is 43.5 Å². The van der Waals surface area contributed by atoms with Gasteiger partial charge in [0.05, 0.1) is 7.11 Å². The Hall–Kier alpha value is -1.02. The van der Waals surface area contributed by atoms with E-state index in [2.05, 4.69) is 17.4 Å². The predicted octanol–water partition coefficient (Wildman–Crippen LogP) is 1.85. The van der Waals surface area contributed by atoms with Gasteiger partial charge in [0.2, 0.25) is 0 Å². The quantitative estimate of drug-likeness (QED) is 0.787. The maximum atomic E-state index is 5.34. The molecule has 1 atom stereocenters. The highest BCUT2D eigenvalue weighted by molar-refractivity contribution is 5.33. The number of benzene rings is 1. The highest BCUT2D eigenvalue weighted by atomic mass is 16.5. The highest BCUT2D eigenvalue weighted by Crippen LogP contribution is 2.23. The van der Waals surface area contributed by atoms with Crippen molar-refractivity contribution in [2.75, 3.05) is 20.2 Å². The van der Waals surface area contributed by atoms with Crippen LogP contribution in [0, 0.1) is 5.92 Å². The summed E-state index contributed by atoms with van der Waals surface area (Å²) in [5.74, 6) is 1.81. The van der Waals surface area contributed by atoms with Crippen LogP contribution in [0.15, 0.2) is 24.3 Å². The number of methoxy groups -OCH3 is 1. The molecule has 0 spiro atoms. The van der Waals surface area contributed by atoms with Gasteiger partial charge in [-0.25, -0.2) is 0 Å². The zero-order chi connectivity index (χ0) is 9.80. The number of hydrogen-bond donors (Lipinski definition) is 1. The number of nitrogens with one attached hydrogen (secondary N) is 1. The van der Waals surface area contributed by atoms with E-state index >= 15 is 0 Å². The second kappa shape index (κ2) is 4.47. The Balaban J connectivity index is 2.07. The van der Waals surface area contributed by atoms with Crippen molar-refractivity contribution < 1.29 is 4.74 Å². The van der Waals surface area contributed by atoms with Crippen LogP contribution in [-0.2, 0) is 6.42 Å². The molecule has 1 aliphatic heterocycles. The first kappa shape index (κ1) is 9.53. The molecule has 0 amide bonds. The lowest BCUT2D eigenvalue weighted by atomic mass is 9.98. The summed E-state index contributed by atoms with van der Waals surface area (Å²) in [5, 5.41) is 3.39. The standard InChI is InChI=1S/C12H17NO/c1-14-12-5-3-2-4-11(12)8-10-6-7-13-9-10/h2-5,10,13H,6-9H2,1H3. The number of ether oxygens (including phenoxy) is 1. The summed E-state index contributed by atoms with van der Waals surface area (Å²) >= 11 is 0. The van der Waals surface area contributed by atoms with Crippen molar-refractivity contribution in [2.45, 2.75) is 12.8 Å². The molecule has 1 aliphatic rings. The van der Waals surface area contributed by atoms with Crippen LogP contribution in [0.4, 0.5) is 0 Å². The molecule has 2 nitrogen and oxygen atoms in total. The van der Waals surface area contributed by atoms with Crippen molar-refractivity contribution in [3.63, 3.8) is 0 Å². The van der Waals surface area contributed by atoms with E-state index < -0.39 is 0 Å². The Kier molecular flexibility index (Phi) is 3.04. The largest absolute Gasteiger partial charge is 0.496 e. The molecule has 2 rings (SSSR count). The van der Waals surface area contributed by atoms with Gasteiger partial charge in [0.15, 0.2) is 0 Å². The van der Waals surface area contributed by atoms with Gasteiger partial charge in [-0.2, -0.15) is 0 Å². The Bertz CT molecular complexity index is 292. The fourth-order valence-electron chi connectivity index (χ4n) is 2.07. The minimum Gasteiger partial charge on any atom is -0.496 e. The lowest BCUT2D eigenvalue weighted by molar-refractivity contribution is 0.405. The van der Waals surface area contributed by atoms with E-state index in [1.807, 2.05) is 12.1 Å². The molecular formula is C12H17NO. The normalized spacial score (nSPS) is 21.1. The van der Waals surface area contributed by atoms with Crippen LogP contribution in [0.1, 0.15) is 12.0 Å². The molecule has 1 saturated heterocycles. The Labute approximate surface area is 85.3 Å². The van der Waals surface area contributed by atoms with Gasteiger partial charge in [0.1, 0.15) is 5.75 Å². The van der Waals surface area contributed by atoms with Crippen molar-refractivity contribution in [2.24, 2.45) is 5.92 Å². The van der Waals surface area contributed by atoms with Crippen LogP contribution in [0.3, 0.4) is 0 Å². The van der Waals surface area contributed by atoms with E-state index in [0.29, 0.717) is 0 Å². The molecule has 76 valence electrons. The van der Waals surface area contributed by atoms with Crippen LogP contribution in [0.5, 0.6) is 5.75 Å². The minimum atomic E-state index is 0.784. The van der Waals surface area contributed by atoms with E-state index in [-0.39, 0.29) is 0 Å². The van der Waals surface area contributed by atoms with Crippen molar-refractivity contribution in [3.05, 3.63) is 29.8 Å². The third-order valence-electron chi connectivity index (χ3n) is 2.86. The Morgan fingerprint density at radius 3 is 3.00 bits per heavy atom. The number of hydrogen-bond acceptors (Lipinski definition) is 2. The second-order valence-electron chi connectivity index (χ2n) is 3.87. The molecule has 1 N–H and O–H groups in total. The SMILES string of the molecule is COc1ccccc1CC1CCNC1. The molecule has 1 heterocycles. The molecule has 1 aromatic carbocycles. The number of para-hydroxylation sites is 1. The van der Waals surface area contributed by atoms with E-state index in [1.165, 1.54) is 18.5 Å². The zero-order valence-electron chi connectivity index (χ0n) is 8.62. The predicted molar refractivity (Wildman–Crippen MR) is 57.7 cm³/mol. The maximum Gasteiger partial charge on any atom is 0.122 e. The molecule has 0 aliphatic carbocycles. The van der Waals surface area contributed by atoms with Crippen LogP contribution >= 0.6 is 0 Å². The summed E-state index contributed by atoms with van der Waals surface area (Å²) in [6, 6.07) is 8.31. The average Bonchev–Trinajstić information content (AvgIpc) is 2.71. The lowest BCUT2D eigenvalue weighted by Crippen LogP contribution is -2.11. The van der Waals surface area contributed by atoms with Crippen LogP contribution < -0.4 is 10.1 Å². The summed E-state index contributed by atoms with van der Waals surface area (Å²) in [5.41, 5.74) is 1.34. The lowest BCUT2D eigenvalue weighted by Gasteiger charge is -2.11. The molecular weight excluding hydrogens is 174 g/mol. The van der Waals surface area contributed by atoms with E-state index in [0.717, 1.165) is 24.6 Å². The van der Waals surface area contributed by atoms with Gasteiger partial charge in [-0.1, -0.05) is 18.2 Å². The molecule has 2 heteroatoms. The van der Waals surface area contributed by atoms with Crippen molar-refractivity contribution >= 4 is 0 Å². The average molecular weight is 191 g/mol. The fourth-order valence-corrected chi connectivity index (χ4v) is 2.07. The second-order valence-corrected chi connectivity index (χ2v) is 3.87. The topological polar surface area (TPSA) is 21.3 Å². The molecule has 0 aromatic heterocycles. The monoisotopic (exact) mass is 191 g/mol. The Morgan fingerprint density at radius 1 is 1.43 bits per heavy atom. The fraction of sp³-hybridized carbons (Fsp3) is 0.500. The molecule has 1 unspecified atom stereocenters. The summed E-state index contributed by atoms with van der Waals surface area (Å²) in [7, 11) is 1.74. The van der Waals surface area contributed by atoms with Gasteiger partial charge in [0.25, 0.3) is 0 Å². The van der Waals surface area contributed by atoms with Gasteiger partial charge in [0, 0.05) is 0 Å². The maximum absolute atomic E-state index is 5.34. The van der Waals surface area contributed by atoms with Crippen molar-refractivity contribution in [1.29, 1.82) is 0 Å². The van der Waals surface area contributed by atoms with Gasteiger partial charge in [-0.15, -0.1) is 0 Å². The first-order valence-corrected chi connectivity index (χ1v) is 5.23.